The lowest BCUT2D eigenvalue weighted by Crippen LogP contribution is -2.14. The summed E-state index contributed by atoms with van der Waals surface area (Å²) in [6.45, 7) is 4.65. The van der Waals surface area contributed by atoms with Gasteiger partial charge in [-0.1, -0.05) is 32.0 Å². The van der Waals surface area contributed by atoms with E-state index in [1.807, 2.05) is 6.07 Å². The molecule has 2 atom stereocenters. The summed E-state index contributed by atoms with van der Waals surface area (Å²) < 4.78 is 27.4. The van der Waals surface area contributed by atoms with Crippen LogP contribution in [0.2, 0.25) is 0 Å². The van der Waals surface area contributed by atoms with Gasteiger partial charge in [0.1, 0.15) is 5.69 Å². The average Bonchev–Trinajstić information content (AvgIpc) is 3.14. The third-order valence-electron chi connectivity index (χ3n) is 6.17. The van der Waals surface area contributed by atoms with Gasteiger partial charge in [-0.2, -0.15) is 5.10 Å². The molecule has 25 heavy (non-hydrogen) atoms. The summed E-state index contributed by atoms with van der Waals surface area (Å²) in [7, 11) is 1.55. The van der Waals surface area contributed by atoms with Gasteiger partial charge >= 0.3 is 0 Å². The number of alkyl halides is 2. The first-order valence-electron chi connectivity index (χ1n) is 8.76. The molecule has 1 aromatic carbocycles. The molecule has 2 bridgehead atoms. The summed E-state index contributed by atoms with van der Waals surface area (Å²) >= 11 is 0. The summed E-state index contributed by atoms with van der Waals surface area (Å²) in [5, 5.41) is 3.73. The Labute approximate surface area is 146 Å². The number of carbonyl (C=O) groups excluding carboxylic acids is 1. The minimum absolute atomic E-state index is 0.0276. The standard InChI is InChI=1S/C20H22F2N2O/c1-20(2)15-6-7-16(20)13-8-11(4-5-12(13)15)9-17(25)14-10-24(3)23-18(14)19(21)22/h4-5,8,10,15-16,19H,6-7,9H2,1-3H3. The number of halogens is 2. The second-order valence-electron chi connectivity index (χ2n) is 7.97. The van der Waals surface area contributed by atoms with E-state index >= 15 is 0 Å². The van der Waals surface area contributed by atoms with Gasteiger partial charge in [0.15, 0.2) is 5.78 Å². The molecule has 0 amide bonds. The summed E-state index contributed by atoms with van der Waals surface area (Å²) in [4.78, 5) is 12.6. The van der Waals surface area contributed by atoms with E-state index in [2.05, 4.69) is 31.1 Å². The molecule has 4 rings (SSSR count). The number of ketones is 1. The van der Waals surface area contributed by atoms with Crippen LogP contribution in [0, 0.1) is 5.41 Å². The molecule has 0 spiro atoms. The topological polar surface area (TPSA) is 34.9 Å². The molecule has 1 fully saturated rings. The molecule has 0 radical (unpaired) electrons. The fraction of sp³-hybridized carbons (Fsp3) is 0.500. The van der Waals surface area contributed by atoms with Crippen LogP contribution in [0.3, 0.4) is 0 Å². The average molecular weight is 344 g/mol. The first-order valence-corrected chi connectivity index (χ1v) is 8.76. The summed E-state index contributed by atoms with van der Waals surface area (Å²) in [6, 6.07) is 6.24. The predicted molar refractivity (Wildman–Crippen MR) is 91.1 cm³/mol. The van der Waals surface area contributed by atoms with E-state index in [1.165, 1.54) is 34.8 Å². The van der Waals surface area contributed by atoms with Gasteiger partial charge in [0.25, 0.3) is 6.43 Å². The summed E-state index contributed by atoms with van der Waals surface area (Å²) in [5.74, 6) is 0.837. The van der Waals surface area contributed by atoms with Crippen LogP contribution in [0.1, 0.15) is 77.7 Å². The number of nitrogens with zero attached hydrogens (tertiary/aromatic N) is 2. The first-order chi connectivity index (χ1) is 11.8. The number of carbonyl (C=O) groups is 1. The molecule has 1 saturated carbocycles. The quantitative estimate of drug-likeness (QED) is 0.748. The van der Waals surface area contributed by atoms with Gasteiger partial charge in [0, 0.05) is 19.7 Å². The van der Waals surface area contributed by atoms with Crippen LogP contribution in [0.15, 0.2) is 24.4 Å². The Kier molecular flexibility index (Phi) is 3.60. The molecule has 2 aromatic rings. The lowest BCUT2D eigenvalue weighted by atomic mass is 9.80. The van der Waals surface area contributed by atoms with Gasteiger partial charge in [-0.25, -0.2) is 8.78 Å². The molecule has 0 aliphatic heterocycles. The number of fused-ring (bicyclic) bond motifs is 5. The Bertz CT molecular complexity index is 853. The van der Waals surface area contributed by atoms with E-state index < -0.39 is 12.1 Å². The molecule has 2 aliphatic rings. The molecule has 3 nitrogen and oxygen atoms in total. The van der Waals surface area contributed by atoms with E-state index in [-0.39, 0.29) is 23.2 Å². The van der Waals surface area contributed by atoms with Crippen molar-refractivity contribution >= 4 is 5.78 Å². The van der Waals surface area contributed by atoms with E-state index in [4.69, 9.17) is 0 Å². The molecule has 2 aliphatic carbocycles. The summed E-state index contributed by atoms with van der Waals surface area (Å²) in [5.41, 5.74) is 3.54. The summed E-state index contributed by atoms with van der Waals surface area (Å²) in [6.07, 6.45) is 1.21. The fourth-order valence-corrected chi connectivity index (χ4v) is 4.95. The van der Waals surface area contributed by atoms with Crippen LogP contribution in [-0.4, -0.2) is 15.6 Å². The van der Waals surface area contributed by atoms with Crippen LogP contribution in [0.4, 0.5) is 8.78 Å². The number of Topliss-reactive ketones (excluding diaryl/α,β-unsaturated/α-hetero) is 1. The van der Waals surface area contributed by atoms with E-state index in [9.17, 15) is 13.6 Å². The maximum Gasteiger partial charge on any atom is 0.282 e. The minimum Gasteiger partial charge on any atom is -0.294 e. The van der Waals surface area contributed by atoms with Gasteiger partial charge in [0.05, 0.1) is 5.56 Å². The van der Waals surface area contributed by atoms with Crippen LogP contribution >= 0.6 is 0 Å². The zero-order valence-corrected chi connectivity index (χ0v) is 14.7. The molecule has 132 valence electrons. The Hall–Kier alpha value is -2.04. The smallest absolute Gasteiger partial charge is 0.282 e. The highest BCUT2D eigenvalue weighted by Crippen LogP contribution is 2.64. The fourth-order valence-electron chi connectivity index (χ4n) is 4.95. The molecular weight excluding hydrogens is 322 g/mol. The van der Waals surface area contributed by atoms with E-state index in [0.717, 1.165) is 5.56 Å². The van der Waals surface area contributed by atoms with Crippen molar-refractivity contribution in [3.8, 4) is 0 Å². The largest absolute Gasteiger partial charge is 0.294 e. The molecule has 2 unspecified atom stereocenters. The van der Waals surface area contributed by atoms with Crippen molar-refractivity contribution in [1.82, 2.24) is 9.78 Å². The third-order valence-corrected chi connectivity index (χ3v) is 6.17. The zero-order chi connectivity index (χ0) is 17.9. The van der Waals surface area contributed by atoms with Gasteiger partial charge in [-0.05, 0) is 46.8 Å². The number of rotatable bonds is 4. The number of benzene rings is 1. The van der Waals surface area contributed by atoms with E-state index in [1.54, 1.807) is 7.05 Å². The SMILES string of the molecule is Cn1cc(C(=O)Cc2ccc3c(c2)C2CCC3C2(C)C)c(C(F)F)n1. The highest BCUT2D eigenvalue weighted by Gasteiger charge is 2.51. The van der Waals surface area contributed by atoms with Crippen molar-refractivity contribution in [2.45, 2.75) is 51.4 Å². The van der Waals surface area contributed by atoms with Crippen molar-refractivity contribution in [2.24, 2.45) is 12.5 Å². The van der Waals surface area contributed by atoms with Gasteiger partial charge in [-0.15, -0.1) is 0 Å². The maximum absolute atomic E-state index is 13.1. The van der Waals surface area contributed by atoms with Crippen molar-refractivity contribution in [1.29, 1.82) is 0 Å². The molecular formula is C20H22F2N2O. The first kappa shape index (κ1) is 16.4. The predicted octanol–water partition coefficient (Wildman–Crippen LogP) is 4.78. The maximum atomic E-state index is 13.1. The van der Waals surface area contributed by atoms with Crippen molar-refractivity contribution in [3.63, 3.8) is 0 Å². The number of hydrogen-bond donors (Lipinski definition) is 0. The zero-order valence-electron chi connectivity index (χ0n) is 14.7. The Morgan fingerprint density at radius 2 is 1.96 bits per heavy atom. The second-order valence-corrected chi connectivity index (χ2v) is 7.97. The van der Waals surface area contributed by atoms with Gasteiger partial charge in [0.2, 0.25) is 0 Å². The third kappa shape index (κ3) is 2.43. The molecule has 1 aromatic heterocycles. The van der Waals surface area contributed by atoms with Gasteiger partial charge in [-0.3, -0.25) is 9.48 Å². The van der Waals surface area contributed by atoms with Crippen molar-refractivity contribution in [3.05, 3.63) is 52.3 Å². The van der Waals surface area contributed by atoms with Crippen molar-refractivity contribution in [2.75, 3.05) is 0 Å². The lowest BCUT2D eigenvalue weighted by molar-refractivity contribution is 0.0977. The van der Waals surface area contributed by atoms with Crippen LogP contribution in [0.5, 0.6) is 0 Å². The Morgan fingerprint density at radius 1 is 1.28 bits per heavy atom. The molecule has 0 saturated heterocycles. The molecule has 0 N–H and O–H groups in total. The van der Waals surface area contributed by atoms with Gasteiger partial charge < -0.3 is 0 Å². The Balaban J connectivity index is 1.62. The van der Waals surface area contributed by atoms with Crippen LogP contribution in [0.25, 0.3) is 0 Å². The normalized spacial score (nSPS) is 23.3. The number of hydrogen-bond acceptors (Lipinski definition) is 2. The highest BCUT2D eigenvalue weighted by molar-refractivity contribution is 5.98. The van der Waals surface area contributed by atoms with Crippen LogP contribution < -0.4 is 0 Å². The minimum atomic E-state index is -2.74. The molecule has 1 heterocycles. The monoisotopic (exact) mass is 344 g/mol. The lowest BCUT2D eigenvalue weighted by Gasteiger charge is -2.24. The molecule has 5 heteroatoms. The number of aryl methyl sites for hydroxylation is 1. The van der Waals surface area contributed by atoms with E-state index in [0.29, 0.717) is 11.8 Å². The highest BCUT2D eigenvalue weighted by atomic mass is 19.3. The van der Waals surface area contributed by atoms with Crippen molar-refractivity contribution < 1.29 is 13.6 Å². The van der Waals surface area contributed by atoms with Crippen LogP contribution in [-0.2, 0) is 13.5 Å². The number of aromatic nitrogens is 2. The Morgan fingerprint density at radius 3 is 2.64 bits per heavy atom. The second kappa shape index (κ2) is 5.48.